The smallest absolute Gasteiger partial charge is 0.212 e. The molecule has 0 bridgehead atoms. The summed E-state index contributed by atoms with van der Waals surface area (Å²) in [7, 11) is 1.63. The molecular weight excluding hydrogens is 286 g/mol. The number of aryl methyl sites for hydroxylation is 1. The molecule has 0 fully saturated rings. The molecule has 0 radical (unpaired) electrons. The van der Waals surface area contributed by atoms with Crippen molar-refractivity contribution in [3.8, 4) is 5.88 Å². The summed E-state index contributed by atoms with van der Waals surface area (Å²) in [5, 5.41) is 0. The second-order valence-electron chi connectivity index (χ2n) is 5.76. The van der Waals surface area contributed by atoms with E-state index in [1.807, 2.05) is 18.5 Å². The van der Waals surface area contributed by atoms with Crippen LogP contribution in [0.5, 0.6) is 5.88 Å². The van der Waals surface area contributed by atoms with Crippen LogP contribution in [0.15, 0.2) is 49.1 Å². The van der Waals surface area contributed by atoms with Gasteiger partial charge in [-0.15, -0.1) is 0 Å². The molecule has 1 N–H and O–H groups in total. The number of hydrogen-bond acceptors (Lipinski definition) is 3. The van der Waals surface area contributed by atoms with Gasteiger partial charge in [0.1, 0.15) is 0 Å². The van der Waals surface area contributed by atoms with Gasteiger partial charge in [-0.2, -0.15) is 0 Å². The van der Waals surface area contributed by atoms with Crippen molar-refractivity contribution in [2.24, 2.45) is 0 Å². The van der Waals surface area contributed by atoms with Crippen molar-refractivity contribution in [2.75, 3.05) is 7.11 Å². The third-order valence-electron chi connectivity index (χ3n) is 4.36. The Balaban J connectivity index is 1.97. The molecule has 4 heteroatoms. The average molecular weight is 307 g/mol. The van der Waals surface area contributed by atoms with E-state index in [9.17, 15) is 0 Å². The maximum Gasteiger partial charge on any atom is 0.212 e. The summed E-state index contributed by atoms with van der Waals surface area (Å²) in [5.74, 6) is 0.867. The fraction of sp³-hybridized carbons (Fsp3) is 0.263. The quantitative estimate of drug-likeness (QED) is 0.780. The highest BCUT2D eigenvalue weighted by Gasteiger charge is 2.19. The summed E-state index contributed by atoms with van der Waals surface area (Å²) in [4.78, 5) is 11.8. The van der Waals surface area contributed by atoms with Crippen LogP contribution >= 0.6 is 0 Å². The number of benzene rings is 1. The number of aromatic nitrogens is 3. The maximum atomic E-state index is 5.14. The Hall–Kier alpha value is -2.62. The van der Waals surface area contributed by atoms with Gasteiger partial charge in [0.05, 0.1) is 13.4 Å². The minimum Gasteiger partial charge on any atom is -0.481 e. The molecule has 1 aromatic carbocycles. The fourth-order valence-corrected chi connectivity index (χ4v) is 2.88. The van der Waals surface area contributed by atoms with Gasteiger partial charge in [0.25, 0.3) is 0 Å². The van der Waals surface area contributed by atoms with Crippen molar-refractivity contribution in [3.63, 3.8) is 0 Å². The molecule has 0 amide bonds. The zero-order valence-electron chi connectivity index (χ0n) is 13.7. The number of pyridine rings is 1. The first kappa shape index (κ1) is 15.3. The van der Waals surface area contributed by atoms with Gasteiger partial charge in [0.2, 0.25) is 5.88 Å². The van der Waals surface area contributed by atoms with Crippen molar-refractivity contribution >= 4 is 0 Å². The normalized spacial score (nSPS) is 12.1. The van der Waals surface area contributed by atoms with Crippen LogP contribution in [0.4, 0.5) is 0 Å². The molecule has 4 nitrogen and oxygen atoms in total. The molecule has 23 heavy (non-hydrogen) atoms. The lowest BCUT2D eigenvalue weighted by Gasteiger charge is -2.19. The van der Waals surface area contributed by atoms with Crippen molar-refractivity contribution < 1.29 is 4.74 Å². The van der Waals surface area contributed by atoms with Crippen molar-refractivity contribution in [1.29, 1.82) is 0 Å². The number of hydrogen-bond donors (Lipinski definition) is 1. The number of imidazole rings is 1. The second kappa shape index (κ2) is 6.65. The molecular formula is C19H21N3O. The average Bonchev–Trinajstić information content (AvgIpc) is 3.10. The van der Waals surface area contributed by atoms with Gasteiger partial charge >= 0.3 is 0 Å². The summed E-state index contributed by atoms with van der Waals surface area (Å²) < 4.78 is 5.14. The predicted octanol–water partition coefficient (Wildman–Crippen LogP) is 3.80. The molecule has 0 aliphatic heterocycles. The van der Waals surface area contributed by atoms with Gasteiger partial charge in [-0.25, -0.2) is 9.97 Å². The molecule has 0 saturated heterocycles. The Morgan fingerprint density at radius 3 is 2.65 bits per heavy atom. The largest absolute Gasteiger partial charge is 0.481 e. The fourth-order valence-electron chi connectivity index (χ4n) is 2.88. The van der Waals surface area contributed by atoms with Crippen molar-refractivity contribution in [1.82, 2.24) is 15.0 Å². The number of rotatable bonds is 5. The van der Waals surface area contributed by atoms with Gasteiger partial charge < -0.3 is 9.72 Å². The lowest BCUT2D eigenvalue weighted by molar-refractivity contribution is 0.397. The predicted molar refractivity (Wildman–Crippen MR) is 90.8 cm³/mol. The SMILES string of the molecule is COc1ccc(CC(c2cnc[nH]2)c2cccc(C)c2C)cn1. The summed E-state index contributed by atoms with van der Waals surface area (Å²) in [6, 6.07) is 10.4. The van der Waals surface area contributed by atoms with E-state index in [0.717, 1.165) is 12.1 Å². The number of aromatic amines is 1. The highest BCUT2D eigenvalue weighted by Crippen LogP contribution is 2.30. The van der Waals surface area contributed by atoms with E-state index in [4.69, 9.17) is 4.74 Å². The Morgan fingerprint density at radius 2 is 2.00 bits per heavy atom. The van der Waals surface area contributed by atoms with Crippen LogP contribution in [0.2, 0.25) is 0 Å². The molecule has 0 aliphatic carbocycles. The standard InChI is InChI=1S/C19H21N3O/c1-13-5-4-6-16(14(13)2)17(18-11-20-12-22-18)9-15-7-8-19(23-3)21-10-15/h4-8,10-12,17H,9H2,1-3H3,(H,20,22). The first-order valence-electron chi connectivity index (χ1n) is 7.72. The Labute approximate surface area is 136 Å². The molecule has 1 unspecified atom stereocenters. The van der Waals surface area contributed by atoms with Crippen LogP contribution in [-0.2, 0) is 6.42 Å². The summed E-state index contributed by atoms with van der Waals surface area (Å²) in [6.45, 7) is 4.33. The maximum absolute atomic E-state index is 5.14. The second-order valence-corrected chi connectivity index (χ2v) is 5.76. The highest BCUT2D eigenvalue weighted by atomic mass is 16.5. The van der Waals surface area contributed by atoms with Gasteiger partial charge in [-0.1, -0.05) is 24.3 Å². The zero-order chi connectivity index (χ0) is 16.2. The molecule has 0 aliphatic rings. The summed E-state index contributed by atoms with van der Waals surface area (Å²) in [6.07, 6.45) is 6.39. The van der Waals surface area contributed by atoms with E-state index in [2.05, 4.69) is 53.1 Å². The molecule has 2 aromatic heterocycles. The molecule has 1 atom stereocenters. The highest BCUT2D eigenvalue weighted by molar-refractivity contribution is 5.40. The third-order valence-corrected chi connectivity index (χ3v) is 4.36. The Bertz CT molecular complexity index is 764. The van der Waals surface area contributed by atoms with E-state index in [0.29, 0.717) is 5.88 Å². The van der Waals surface area contributed by atoms with Gasteiger partial charge in [-0.3, -0.25) is 0 Å². The summed E-state index contributed by atoms with van der Waals surface area (Å²) in [5.41, 5.74) is 6.25. The van der Waals surface area contributed by atoms with Crippen molar-refractivity contribution in [2.45, 2.75) is 26.2 Å². The molecule has 0 saturated carbocycles. The first-order chi connectivity index (χ1) is 11.2. The van der Waals surface area contributed by atoms with Crippen LogP contribution in [0.3, 0.4) is 0 Å². The van der Waals surface area contributed by atoms with Crippen LogP contribution in [-0.4, -0.2) is 22.1 Å². The molecule has 2 heterocycles. The monoisotopic (exact) mass is 307 g/mol. The first-order valence-corrected chi connectivity index (χ1v) is 7.72. The topological polar surface area (TPSA) is 50.8 Å². The van der Waals surface area contributed by atoms with Gasteiger partial charge in [0.15, 0.2) is 0 Å². The number of methoxy groups -OCH3 is 1. The van der Waals surface area contributed by atoms with E-state index in [1.54, 1.807) is 13.4 Å². The van der Waals surface area contributed by atoms with Gasteiger partial charge in [0, 0.05) is 30.1 Å². The van der Waals surface area contributed by atoms with Crippen molar-refractivity contribution in [3.05, 3.63) is 77.0 Å². The molecule has 3 aromatic rings. The number of H-pyrrole nitrogens is 1. The van der Waals surface area contributed by atoms with Crippen LogP contribution in [0.1, 0.15) is 33.9 Å². The zero-order valence-corrected chi connectivity index (χ0v) is 13.7. The summed E-state index contributed by atoms with van der Waals surface area (Å²) >= 11 is 0. The van der Waals surface area contributed by atoms with E-state index in [1.165, 1.54) is 22.3 Å². The Kier molecular flexibility index (Phi) is 4.42. The van der Waals surface area contributed by atoms with E-state index >= 15 is 0 Å². The Morgan fingerprint density at radius 1 is 1.13 bits per heavy atom. The lowest BCUT2D eigenvalue weighted by atomic mass is 9.86. The number of ether oxygens (including phenoxy) is 1. The molecule has 118 valence electrons. The number of nitrogens with zero attached hydrogens (tertiary/aromatic N) is 2. The molecule has 0 spiro atoms. The minimum absolute atomic E-state index is 0.229. The van der Waals surface area contributed by atoms with E-state index < -0.39 is 0 Å². The lowest BCUT2D eigenvalue weighted by Crippen LogP contribution is -2.08. The van der Waals surface area contributed by atoms with Crippen LogP contribution < -0.4 is 4.74 Å². The van der Waals surface area contributed by atoms with Crippen LogP contribution in [0, 0.1) is 13.8 Å². The third kappa shape index (κ3) is 3.26. The van der Waals surface area contributed by atoms with Gasteiger partial charge in [-0.05, 0) is 42.5 Å². The van der Waals surface area contributed by atoms with E-state index in [-0.39, 0.29) is 5.92 Å². The molecule has 3 rings (SSSR count). The number of nitrogens with one attached hydrogen (secondary N) is 1. The minimum atomic E-state index is 0.229. The van der Waals surface area contributed by atoms with Crippen LogP contribution in [0.25, 0.3) is 0 Å².